The van der Waals surface area contributed by atoms with Crippen LogP contribution < -0.4 is 5.32 Å². The molecule has 126 valence electrons. The van der Waals surface area contributed by atoms with E-state index < -0.39 is 0 Å². The molecule has 0 radical (unpaired) electrons. The van der Waals surface area contributed by atoms with E-state index in [1.54, 1.807) is 48.1 Å². The van der Waals surface area contributed by atoms with E-state index in [0.29, 0.717) is 43.3 Å². The summed E-state index contributed by atoms with van der Waals surface area (Å²) in [4.78, 5) is 34.6. The Balaban J connectivity index is 1.56. The van der Waals surface area contributed by atoms with Crippen molar-refractivity contribution in [2.75, 3.05) is 18.4 Å². The van der Waals surface area contributed by atoms with Gasteiger partial charge in [0.15, 0.2) is 0 Å². The summed E-state index contributed by atoms with van der Waals surface area (Å²) < 4.78 is 1.55. The minimum atomic E-state index is -0.122. The summed E-state index contributed by atoms with van der Waals surface area (Å²) in [5.41, 5.74) is 0.627. The summed E-state index contributed by atoms with van der Waals surface area (Å²) in [5, 5.41) is 6.93. The number of aromatic nitrogens is 4. The Labute approximate surface area is 139 Å². The largest absolute Gasteiger partial charge is 0.339 e. The van der Waals surface area contributed by atoms with Crippen molar-refractivity contribution in [2.45, 2.75) is 19.8 Å². The lowest BCUT2D eigenvalue weighted by atomic mass is 9.95. The first-order valence-electron chi connectivity index (χ1n) is 7.92. The van der Waals surface area contributed by atoms with Crippen molar-refractivity contribution in [1.29, 1.82) is 0 Å². The molecule has 0 aliphatic carbocycles. The number of amides is 2. The molecule has 0 bridgehead atoms. The maximum Gasteiger partial charge on any atom is 0.253 e. The minimum Gasteiger partial charge on any atom is -0.339 e. The molecule has 3 heterocycles. The third-order valence-corrected chi connectivity index (χ3v) is 4.18. The molecule has 0 saturated carbocycles. The number of likely N-dealkylation sites (tertiary alicyclic amines) is 1. The molecule has 8 nitrogen and oxygen atoms in total. The van der Waals surface area contributed by atoms with E-state index in [1.807, 2.05) is 0 Å². The van der Waals surface area contributed by atoms with Crippen LogP contribution in [0.2, 0.25) is 0 Å². The molecule has 3 rings (SSSR count). The summed E-state index contributed by atoms with van der Waals surface area (Å²) in [6.07, 6.45) is 4.49. The highest BCUT2D eigenvalue weighted by molar-refractivity contribution is 5.94. The Morgan fingerprint density at radius 3 is 2.46 bits per heavy atom. The quantitative estimate of drug-likeness (QED) is 0.907. The SMILES string of the molecule is Cc1nc(NC(=O)C2CCN(C(=O)c3ccncc3)CC2)n(C)n1. The van der Waals surface area contributed by atoms with Crippen molar-refractivity contribution >= 4 is 17.8 Å². The predicted octanol–water partition coefficient (Wildman–Crippen LogP) is 1.01. The van der Waals surface area contributed by atoms with Crippen molar-refractivity contribution in [2.24, 2.45) is 13.0 Å². The summed E-state index contributed by atoms with van der Waals surface area (Å²) in [5.74, 6) is 0.864. The smallest absolute Gasteiger partial charge is 0.253 e. The number of carbonyl (C=O) groups is 2. The van der Waals surface area contributed by atoms with Crippen LogP contribution in [0.1, 0.15) is 29.0 Å². The lowest BCUT2D eigenvalue weighted by Crippen LogP contribution is -2.41. The van der Waals surface area contributed by atoms with Crippen LogP contribution in [-0.4, -0.2) is 49.6 Å². The van der Waals surface area contributed by atoms with Crippen molar-refractivity contribution in [3.8, 4) is 0 Å². The van der Waals surface area contributed by atoms with Gasteiger partial charge in [-0.15, -0.1) is 0 Å². The molecule has 0 atom stereocenters. The molecule has 1 saturated heterocycles. The highest BCUT2D eigenvalue weighted by Crippen LogP contribution is 2.20. The Bertz CT molecular complexity index is 734. The fourth-order valence-electron chi connectivity index (χ4n) is 2.86. The van der Waals surface area contributed by atoms with Crippen LogP contribution in [0.4, 0.5) is 5.95 Å². The molecule has 24 heavy (non-hydrogen) atoms. The highest BCUT2D eigenvalue weighted by atomic mass is 16.2. The average molecular weight is 328 g/mol. The summed E-state index contributed by atoms with van der Waals surface area (Å²) in [6, 6.07) is 3.41. The van der Waals surface area contributed by atoms with Gasteiger partial charge in [-0.1, -0.05) is 0 Å². The normalized spacial score (nSPS) is 15.3. The zero-order chi connectivity index (χ0) is 17.1. The van der Waals surface area contributed by atoms with E-state index in [9.17, 15) is 9.59 Å². The Kier molecular flexibility index (Phi) is 4.54. The van der Waals surface area contributed by atoms with Gasteiger partial charge in [0.25, 0.3) is 5.91 Å². The summed E-state index contributed by atoms with van der Waals surface area (Å²) in [7, 11) is 1.74. The molecule has 1 aliphatic rings. The van der Waals surface area contributed by atoms with Gasteiger partial charge in [0.1, 0.15) is 5.82 Å². The van der Waals surface area contributed by atoms with Crippen LogP contribution in [0.5, 0.6) is 0 Å². The number of aryl methyl sites for hydroxylation is 2. The van der Waals surface area contributed by atoms with E-state index in [2.05, 4.69) is 20.4 Å². The third-order valence-electron chi connectivity index (χ3n) is 4.18. The first-order valence-corrected chi connectivity index (χ1v) is 7.92. The second-order valence-electron chi connectivity index (χ2n) is 5.90. The Morgan fingerprint density at radius 2 is 1.88 bits per heavy atom. The zero-order valence-electron chi connectivity index (χ0n) is 13.8. The number of nitrogens with zero attached hydrogens (tertiary/aromatic N) is 5. The molecule has 1 fully saturated rings. The van der Waals surface area contributed by atoms with Gasteiger partial charge in [0.05, 0.1) is 0 Å². The average Bonchev–Trinajstić information content (AvgIpc) is 2.92. The van der Waals surface area contributed by atoms with E-state index in [-0.39, 0.29) is 17.7 Å². The maximum absolute atomic E-state index is 12.4. The number of pyridine rings is 1. The van der Waals surface area contributed by atoms with Crippen molar-refractivity contribution < 1.29 is 9.59 Å². The van der Waals surface area contributed by atoms with Gasteiger partial charge in [0.2, 0.25) is 11.9 Å². The molecular weight excluding hydrogens is 308 g/mol. The van der Waals surface area contributed by atoms with E-state index in [0.717, 1.165) is 0 Å². The van der Waals surface area contributed by atoms with Gasteiger partial charge in [-0.05, 0) is 31.9 Å². The molecule has 0 aromatic carbocycles. The topological polar surface area (TPSA) is 93.0 Å². The van der Waals surface area contributed by atoms with E-state index >= 15 is 0 Å². The first kappa shape index (κ1) is 16.1. The van der Waals surface area contributed by atoms with Crippen LogP contribution in [0.15, 0.2) is 24.5 Å². The van der Waals surface area contributed by atoms with Crippen LogP contribution in [0.25, 0.3) is 0 Å². The summed E-state index contributed by atoms with van der Waals surface area (Å²) in [6.45, 7) is 2.91. The molecule has 2 amide bonds. The fraction of sp³-hybridized carbons (Fsp3) is 0.438. The maximum atomic E-state index is 12.4. The molecule has 8 heteroatoms. The lowest BCUT2D eigenvalue weighted by molar-refractivity contribution is -0.121. The molecule has 1 N–H and O–H groups in total. The Hall–Kier alpha value is -2.77. The third kappa shape index (κ3) is 3.42. The zero-order valence-corrected chi connectivity index (χ0v) is 13.8. The number of anilines is 1. The molecule has 0 unspecified atom stereocenters. The predicted molar refractivity (Wildman–Crippen MR) is 87.2 cm³/mol. The first-order chi connectivity index (χ1) is 11.5. The standard InChI is InChI=1S/C16H20N6O2/c1-11-18-16(21(2)20-11)19-14(23)12-5-9-22(10-6-12)15(24)13-3-7-17-8-4-13/h3-4,7-8,12H,5-6,9-10H2,1-2H3,(H,18,19,20,23). The van der Waals surface area contributed by atoms with Gasteiger partial charge in [-0.25, -0.2) is 4.68 Å². The number of hydrogen-bond acceptors (Lipinski definition) is 5. The number of piperidine rings is 1. The summed E-state index contributed by atoms with van der Waals surface area (Å²) >= 11 is 0. The van der Waals surface area contributed by atoms with Gasteiger partial charge in [-0.3, -0.25) is 19.9 Å². The Morgan fingerprint density at radius 1 is 1.21 bits per heavy atom. The van der Waals surface area contributed by atoms with E-state index in [1.165, 1.54) is 0 Å². The number of hydrogen-bond donors (Lipinski definition) is 1. The lowest BCUT2D eigenvalue weighted by Gasteiger charge is -2.31. The van der Waals surface area contributed by atoms with Crippen molar-refractivity contribution in [3.63, 3.8) is 0 Å². The van der Waals surface area contributed by atoms with E-state index in [4.69, 9.17) is 0 Å². The number of carbonyl (C=O) groups excluding carboxylic acids is 2. The number of rotatable bonds is 3. The monoisotopic (exact) mass is 328 g/mol. The van der Waals surface area contributed by atoms with Crippen LogP contribution in [0, 0.1) is 12.8 Å². The second-order valence-corrected chi connectivity index (χ2v) is 5.90. The van der Waals surface area contributed by atoms with Crippen molar-refractivity contribution in [1.82, 2.24) is 24.6 Å². The molecule has 1 aliphatic heterocycles. The second kappa shape index (κ2) is 6.77. The van der Waals surface area contributed by atoms with Gasteiger partial charge >= 0.3 is 0 Å². The van der Waals surface area contributed by atoms with Gasteiger partial charge in [0, 0.05) is 44.0 Å². The van der Waals surface area contributed by atoms with Crippen LogP contribution in [0.3, 0.4) is 0 Å². The minimum absolute atomic E-state index is 0.0137. The molecule has 2 aromatic heterocycles. The van der Waals surface area contributed by atoms with Crippen LogP contribution >= 0.6 is 0 Å². The van der Waals surface area contributed by atoms with Crippen LogP contribution in [-0.2, 0) is 11.8 Å². The van der Waals surface area contributed by atoms with Gasteiger partial charge < -0.3 is 4.90 Å². The van der Waals surface area contributed by atoms with Gasteiger partial charge in [-0.2, -0.15) is 10.1 Å². The fourth-order valence-corrected chi connectivity index (χ4v) is 2.86. The van der Waals surface area contributed by atoms with Crippen molar-refractivity contribution in [3.05, 3.63) is 35.9 Å². The molecular formula is C16H20N6O2. The number of nitrogens with one attached hydrogen (secondary N) is 1. The molecule has 2 aromatic rings. The highest BCUT2D eigenvalue weighted by Gasteiger charge is 2.28. The molecule has 0 spiro atoms.